The fourth-order valence-electron chi connectivity index (χ4n) is 1.78. The molecular weight excluding hydrogens is 273 g/mol. The van der Waals surface area contributed by atoms with Crippen molar-refractivity contribution in [1.29, 1.82) is 0 Å². The van der Waals surface area contributed by atoms with Crippen LogP contribution in [0.25, 0.3) is 0 Å². The first-order chi connectivity index (χ1) is 9.43. The summed E-state index contributed by atoms with van der Waals surface area (Å²) in [4.78, 5) is 13.4. The van der Waals surface area contributed by atoms with Crippen molar-refractivity contribution in [2.45, 2.75) is 19.8 Å². The maximum atomic E-state index is 13.7. The third-order valence-corrected chi connectivity index (χ3v) is 2.78. The summed E-state index contributed by atoms with van der Waals surface area (Å²) in [6.07, 6.45) is 1.12. The number of nitrogens with two attached hydrogens (primary N) is 1. The Hall–Kier alpha value is -1.76. The summed E-state index contributed by atoms with van der Waals surface area (Å²) in [6, 6.07) is 0.456. The van der Waals surface area contributed by atoms with Crippen LogP contribution in [0.5, 0.6) is 5.75 Å². The number of benzene rings is 1. The molecule has 1 amide bonds. The van der Waals surface area contributed by atoms with Gasteiger partial charge in [-0.3, -0.25) is 4.79 Å². The molecule has 0 aromatic heterocycles. The molecule has 0 aliphatic rings. The lowest BCUT2D eigenvalue weighted by Gasteiger charge is -2.22. The van der Waals surface area contributed by atoms with Crippen molar-refractivity contribution in [2.24, 2.45) is 5.73 Å². The molecule has 7 heteroatoms. The Balaban J connectivity index is 3.11. The Morgan fingerprint density at radius 1 is 1.30 bits per heavy atom. The highest BCUT2D eigenvalue weighted by Gasteiger charge is 2.25. The highest BCUT2D eigenvalue weighted by atomic mass is 19.2. The molecule has 0 unspecified atom stereocenters. The first-order valence-corrected chi connectivity index (χ1v) is 6.29. The molecule has 0 saturated heterocycles. The lowest BCUT2D eigenvalue weighted by molar-refractivity contribution is 0.0748. The number of amides is 1. The van der Waals surface area contributed by atoms with Gasteiger partial charge in [-0.1, -0.05) is 6.92 Å². The van der Waals surface area contributed by atoms with Crippen LogP contribution in [0.3, 0.4) is 0 Å². The quantitative estimate of drug-likeness (QED) is 0.788. The number of carbonyl (C=O) groups excluding carboxylic acids is 1. The van der Waals surface area contributed by atoms with Crippen molar-refractivity contribution in [3.8, 4) is 5.75 Å². The van der Waals surface area contributed by atoms with Crippen molar-refractivity contribution < 1.29 is 23.1 Å². The molecule has 20 heavy (non-hydrogen) atoms. The smallest absolute Gasteiger partial charge is 0.257 e. The van der Waals surface area contributed by atoms with E-state index in [2.05, 4.69) is 0 Å². The molecule has 4 nitrogen and oxygen atoms in total. The van der Waals surface area contributed by atoms with Crippen LogP contribution in [-0.4, -0.2) is 35.5 Å². The average Bonchev–Trinajstić information content (AvgIpc) is 2.44. The second-order valence-corrected chi connectivity index (χ2v) is 4.32. The maximum absolute atomic E-state index is 13.7. The van der Waals surface area contributed by atoms with Gasteiger partial charge in [-0.15, -0.1) is 0 Å². The molecule has 0 spiro atoms. The topological polar surface area (TPSA) is 66.6 Å². The molecule has 0 aliphatic heterocycles. The van der Waals surface area contributed by atoms with Gasteiger partial charge in [0.25, 0.3) is 5.91 Å². The third kappa shape index (κ3) is 3.41. The maximum Gasteiger partial charge on any atom is 0.257 e. The lowest BCUT2D eigenvalue weighted by Crippen LogP contribution is -2.34. The third-order valence-electron chi connectivity index (χ3n) is 2.78. The van der Waals surface area contributed by atoms with Crippen LogP contribution in [-0.2, 0) is 0 Å². The Labute approximate surface area is 115 Å². The van der Waals surface area contributed by atoms with E-state index in [-0.39, 0.29) is 6.54 Å². The first-order valence-electron chi connectivity index (χ1n) is 6.29. The van der Waals surface area contributed by atoms with Gasteiger partial charge in [0.1, 0.15) is 0 Å². The molecule has 3 N–H and O–H groups in total. The normalized spacial score (nSPS) is 10.7. The summed E-state index contributed by atoms with van der Waals surface area (Å²) in [7, 11) is 0. The highest BCUT2D eigenvalue weighted by Crippen LogP contribution is 2.26. The van der Waals surface area contributed by atoms with Crippen molar-refractivity contribution in [2.75, 3.05) is 19.6 Å². The molecule has 0 aliphatic carbocycles. The molecule has 0 heterocycles. The summed E-state index contributed by atoms with van der Waals surface area (Å²) in [6.45, 7) is 2.78. The number of halogens is 3. The summed E-state index contributed by atoms with van der Waals surface area (Å²) in [5, 5.41) is 9.12. The van der Waals surface area contributed by atoms with E-state index in [9.17, 15) is 18.0 Å². The van der Waals surface area contributed by atoms with Crippen molar-refractivity contribution in [1.82, 2.24) is 4.90 Å². The summed E-state index contributed by atoms with van der Waals surface area (Å²) < 4.78 is 39.9. The Bertz CT molecular complexity index is 495. The zero-order chi connectivity index (χ0) is 15.3. The lowest BCUT2D eigenvalue weighted by atomic mass is 10.1. The van der Waals surface area contributed by atoms with Crippen LogP contribution in [0.2, 0.25) is 0 Å². The second-order valence-electron chi connectivity index (χ2n) is 4.32. The van der Waals surface area contributed by atoms with Crippen LogP contribution in [0.1, 0.15) is 30.1 Å². The molecule has 0 saturated carbocycles. The van der Waals surface area contributed by atoms with E-state index in [1.54, 1.807) is 0 Å². The minimum Gasteiger partial charge on any atom is -0.503 e. The standard InChI is InChI=1S/C13H17F3N2O2/c1-2-5-18(6-3-4-17)13(20)8-7-9(14)11(16)12(19)10(8)15/h7,19H,2-6,17H2,1H3. The summed E-state index contributed by atoms with van der Waals surface area (Å²) in [5.41, 5.74) is 4.66. The number of hydrogen-bond donors (Lipinski definition) is 2. The number of hydrogen-bond acceptors (Lipinski definition) is 3. The summed E-state index contributed by atoms with van der Waals surface area (Å²) >= 11 is 0. The number of rotatable bonds is 6. The van der Waals surface area contributed by atoms with Gasteiger partial charge in [-0.25, -0.2) is 8.78 Å². The van der Waals surface area contributed by atoms with Crippen molar-refractivity contribution in [3.05, 3.63) is 29.1 Å². The van der Waals surface area contributed by atoms with Crippen LogP contribution < -0.4 is 5.73 Å². The zero-order valence-corrected chi connectivity index (χ0v) is 11.1. The van der Waals surface area contributed by atoms with Crippen molar-refractivity contribution in [3.63, 3.8) is 0 Å². The van der Waals surface area contributed by atoms with Gasteiger partial charge in [-0.2, -0.15) is 4.39 Å². The van der Waals surface area contributed by atoms with Crippen LogP contribution in [0.4, 0.5) is 13.2 Å². The van der Waals surface area contributed by atoms with E-state index in [0.717, 1.165) is 0 Å². The van der Waals surface area contributed by atoms with E-state index in [0.29, 0.717) is 32.0 Å². The molecular formula is C13H17F3N2O2. The van der Waals surface area contributed by atoms with E-state index in [1.165, 1.54) is 4.90 Å². The molecule has 1 aromatic rings. The molecule has 0 atom stereocenters. The Morgan fingerprint density at radius 2 is 1.95 bits per heavy atom. The zero-order valence-electron chi connectivity index (χ0n) is 11.1. The van der Waals surface area contributed by atoms with Crippen LogP contribution in [0.15, 0.2) is 6.07 Å². The van der Waals surface area contributed by atoms with E-state index < -0.39 is 34.7 Å². The first kappa shape index (κ1) is 16.3. The van der Waals surface area contributed by atoms with Gasteiger partial charge < -0.3 is 15.7 Å². The molecule has 1 rings (SSSR count). The predicted molar refractivity (Wildman–Crippen MR) is 67.8 cm³/mol. The summed E-state index contributed by atoms with van der Waals surface area (Å²) in [5.74, 6) is -6.91. The predicted octanol–water partition coefficient (Wildman–Crippen LogP) is 2.01. The number of carbonyl (C=O) groups is 1. The average molecular weight is 290 g/mol. The van der Waals surface area contributed by atoms with Gasteiger partial charge >= 0.3 is 0 Å². The van der Waals surface area contributed by atoms with Gasteiger partial charge in [-0.05, 0) is 25.5 Å². The van der Waals surface area contributed by atoms with Gasteiger partial charge in [0.15, 0.2) is 17.4 Å². The fourth-order valence-corrected chi connectivity index (χ4v) is 1.78. The van der Waals surface area contributed by atoms with Gasteiger partial charge in [0, 0.05) is 13.1 Å². The number of phenols is 1. The van der Waals surface area contributed by atoms with Crippen LogP contribution >= 0.6 is 0 Å². The SMILES string of the molecule is CCCN(CCCN)C(=O)c1cc(F)c(F)c(O)c1F. The van der Waals surface area contributed by atoms with Gasteiger partial charge in [0.05, 0.1) is 5.56 Å². The Morgan fingerprint density at radius 3 is 2.50 bits per heavy atom. The van der Waals surface area contributed by atoms with E-state index >= 15 is 0 Å². The molecule has 112 valence electrons. The van der Waals surface area contributed by atoms with E-state index in [4.69, 9.17) is 10.8 Å². The van der Waals surface area contributed by atoms with Crippen LogP contribution in [0, 0.1) is 17.5 Å². The molecule has 0 fully saturated rings. The van der Waals surface area contributed by atoms with Crippen molar-refractivity contribution >= 4 is 5.91 Å². The molecule has 1 aromatic carbocycles. The number of nitrogens with zero attached hydrogens (tertiary/aromatic N) is 1. The molecule has 0 radical (unpaired) electrons. The monoisotopic (exact) mass is 290 g/mol. The Kier molecular flexibility index (Phi) is 5.82. The van der Waals surface area contributed by atoms with Gasteiger partial charge in [0.2, 0.25) is 5.82 Å². The largest absolute Gasteiger partial charge is 0.503 e. The van der Waals surface area contributed by atoms with E-state index in [1.807, 2.05) is 6.92 Å². The minimum atomic E-state index is -1.71. The number of aromatic hydroxyl groups is 1. The highest BCUT2D eigenvalue weighted by molar-refractivity contribution is 5.95. The minimum absolute atomic E-state index is 0.280. The fraction of sp³-hybridized carbons (Fsp3) is 0.462. The molecule has 0 bridgehead atoms. The second kappa shape index (κ2) is 7.14. The number of phenolic OH excluding ortho intramolecular Hbond substituents is 1.